The zero-order chi connectivity index (χ0) is 12.4. The van der Waals surface area contributed by atoms with E-state index in [1.165, 1.54) is 15.0 Å². The highest BCUT2D eigenvalue weighted by Crippen LogP contribution is 2.33. The number of ether oxygens (including phenoxy) is 3. The summed E-state index contributed by atoms with van der Waals surface area (Å²) >= 11 is 1.83. The molecule has 0 amide bonds. The first-order valence-electron chi connectivity index (χ1n) is 6.24. The average Bonchev–Trinajstić information content (AvgIpc) is 3.04. The molecule has 2 heterocycles. The van der Waals surface area contributed by atoms with Crippen LogP contribution in [0.4, 0.5) is 0 Å². The summed E-state index contributed by atoms with van der Waals surface area (Å²) in [5.74, 6) is 0.919. The Morgan fingerprint density at radius 1 is 1.33 bits per heavy atom. The predicted molar refractivity (Wildman–Crippen MR) is 72.4 cm³/mol. The third-order valence-corrected chi connectivity index (χ3v) is 4.23. The standard InChI is InChI=1S/C14H16O3S/c1-2-10-8-11-12(4-3-5-13(11)18-10)17-9-14-15-6-7-16-14/h3-5,8,14H,2,6-7,9H2,1H3. The molecule has 0 N–H and O–H groups in total. The van der Waals surface area contributed by atoms with Crippen molar-refractivity contribution in [3.8, 4) is 5.75 Å². The second-order valence-electron chi connectivity index (χ2n) is 4.22. The maximum absolute atomic E-state index is 5.82. The number of hydrogen-bond donors (Lipinski definition) is 0. The molecule has 0 aliphatic carbocycles. The Labute approximate surface area is 110 Å². The second-order valence-corrected chi connectivity index (χ2v) is 5.38. The van der Waals surface area contributed by atoms with E-state index in [9.17, 15) is 0 Å². The molecular formula is C14H16O3S. The smallest absolute Gasteiger partial charge is 0.191 e. The minimum Gasteiger partial charge on any atom is -0.488 e. The van der Waals surface area contributed by atoms with Gasteiger partial charge in [-0.2, -0.15) is 0 Å². The zero-order valence-electron chi connectivity index (χ0n) is 10.3. The molecule has 3 nitrogen and oxygen atoms in total. The first-order valence-corrected chi connectivity index (χ1v) is 7.06. The molecule has 96 valence electrons. The Morgan fingerprint density at radius 3 is 2.94 bits per heavy atom. The Bertz CT molecular complexity index is 529. The summed E-state index contributed by atoms with van der Waals surface area (Å²) in [6, 6.07) is 8.38. The number of fused-ring (bicyclic) bond motifs is 1. The molecule has 1 aromatic heterocycles. The molecule has 2 aromatic rings. The highest BCUT2D eigenvalue weighted by Gasteiger charge is 2.17. The highest BCUT2D eigenvalue weighted by molar-refractivity contribution is 7.19. The first kappa shape index (κ1) is 12.0. The van der Waals surface area contributed by atoms with Gasteiger partial charge in [-0.05, 0) is 24.6 Å². The van der Waals surface area contributed by atoms with Crippen LogP contribution in [-0.2, 0) is 15.9 Å². The molecule has 0 bridgehead atoms. The van der Waals surface area contributed by atoms with Gasteiger partial charge in [0.2, 0.25) is 0 Å². The van der Waals surface area contributed by atoms with E-state index in [2.05, 4.69) is 19.1 Å². The molecule has 1 aromatic carbocycles. The van der Waals surface area contributed by atoms with Crippen LogP contribution in [-0.4, -0.2) is 26.1 Å². The summed E-state index contributed by atoms with van der Waals surface area (Å²) in [4.78, 5) is 1.38. The van der Waals surface area contributed by atoms with Gasteiger partial charge < -0.3 is 14.2 Å². The molecular weight excluding hydrogens is 248 g/mol. The van der Waals surface area contributed by atoms with Crippen molar-refractivity contribution < 1.29 is 14.2 Å². The van der Waals surface area contributed by atoms with E-state index in [1.807, 2.05) is 23.5 Å². The fourth-order valence-electron chi connectivity index (χ4n) is 2.05. The molecule has 1 aliphatic rings. The first-order chi connectivity index (χ1) is 8.86. The number of benzene rings is 1. The largest absolute Gasteiger partial charge is 0.488 e. The van der Waals surface area contributed by atoms with Gasteiger partial charge in [0, 0.05) is 15.0 Å². The van der Waals surface area contributed by atoms with E-state index in [0.717, 1.165) is 12.2 Å². The van der Waals surface area contributed by atoms with E-state index >= 15 is 0 Å². The molecule has 4 heteroatoms. The van der Waals surface area contributed by atoms with Crippen molar-refractivity contribution in [2.45, 2.75) is 19.6 Å². The van der Waals surface area contributed by atoms with Crippen molar-refractivity contribution in [3.05, 3.63) is 29.1 Å². The number of hydrogen-bond acceptors (Lipinski definition) is 4. The maximum Gasteiger partial charge on any atom is 0.191 e. The zero-order valence-corrected chi connectivity index (χ0v) is 11.2. The predicted octanol–water partition coefficient (Wildman–Crippen LogP) is 3.22. The molecule has 0 radical (unpaired) electrons. The van der Waals surface area contributed by atoms with E-state index in [1.54, 1.807) is 0 Å². The van der Waals surface area contributed by atoms with E-state index in [4.69, 9.17) is 14.2 Å². The van der Waals surface area contributed by atoms with E-state index < -0.39 is 0 Å². The lowest BCUT2D eigenvalue weighted by atomic mass is 10.2. The molecule has 3 rings (SSSR count). The van der Waals surface area contributed by atoms with Crippen LogP contribution >= 0.6 is 11.3 Å². The molecule has 0 atom stereocenters. The molecule has 1 aliphatic heterocycles. The van der Waals surface area contributed by atoms with Crippen molar-refractivity contribution in [1.82, 2.24) is 0 Å². The summed E-state index contributed by atoms with van der Waals surface area (Å²) in [6.07, 6.45) is 0.845. The summed E-state index contributed by atoms with van der Waals surface area (Å²) < 4.78 is 17.8. The van der Waals surface area contributed by atoms with Gasteiger partial charge in [0.1, 0.15) is 12.4 Å². The highest BCUT2D eigenvalue weighted by atomic mass is 32.1. The molecule has 18 heavy (non-hydrogen) atoms. The SMILES string of the molecule is CCc1cc2c(OCC3OCCO3)cccc2s1. The maximum atomic E-state index is 5.82. The lowest BCUT2D eigenvalue weighted by Gasteiger charge is -2.11. The topological polar surface area (TPSA) is 27.7 Å². The fraction of sp³-hybridized carbons (Fsp3) is 0.429. The Hall–Kier alpha value is -1.10. The van der Waals surface area contributed by atoms with Crippen LogP contribution < -0.4 is 4.74 Å². The lowest BCUT2D eigenvalue weighted by Crippen LogP contribution is -2.18. The van der Waals surface area contributed by atoms with Gasteiger partial charge >= 0.3 is 0 Å². The van der Waals surface area contributed by atoms with Crippen molar-refractivity contribution in [2.24, 2.45) is 0 Å². The van der Waals surface area contributed by atoms with Crippen LogP contribution in [0.2, 0.25) is 0 Å². The van der Waals surface area contributed by atoms with Gasteiger partial charge in [-0.15, -0.1) is 11.3 Å². The Kier molecular flexibility index (Phi) is 3.50. The van der Waals surface area contributed by atoms with Crippen LogP contribution in [0, 0.1) is 0 Å². The van der Waals surface area contributed by atoms with E-state index in [0.29, 0.717) is 19.8 Å². The van der Waals surface area contributed by atoms with Crippen molar-refractivity contribution in [1.29, 1.82) is 0 Å². The van der Waals surface area contributed by atoms with Gasteiger partial charge in [-0.25, -0.2) is 0 Å². The summed E-state index contributed by atoms with van der Waals surface area (Å²) in [6.45, 7) is 3.95. The summed E-state index contributed by atoms with van der Waals surface area (Å²) in [5.41, 5.74) is 0. The second kappa shape index (κ2) is 5.26. The third kappa shape index (κ3) is 2.36. The number of aryl methyl sites for hydroxylation is 1. The van der Waals surface area contributed by atoms with Crippen molar-refractivity contribution >= 4 is 21.4 Å². The Morgan fingerprint density at radius 2 is 2.17 bits per heavy atom. The van der Waals surface area contributed by atoms with Gasteiger partial charge in [-0.1, -0.05) is 13.0 Å². The molecule has 1 fully saturated rings. The van der Waals surface area contributed by atoms with Gasteiger partial charge in [0.05, 0.1) is 13.2 Å². The molecule has 0 spiro atoms. The minimum absolute atomic E-state index is 0.218. The van der Waals surface area contributed by atoms with Crippen molar-refractivity contribution in [2.75, 3.05) is 19.8 Å². The normalized spacial score (nSPS) is 16.5. The third-order valence-electron chi connectivity index (χ3n) is 2.99. The molecule has 0 saturated carbocycles. The van der Waals surface area contributed by atoms with Crippen LogP contribution in [0.3, 0.4) is 0 Å². The number of thiophene rings is 1. The van der Waals surface area contributed by atoms with E-state index in [-0.39, 0.29) is 6.29 Å². The minimum atomic E-state index is -0.218. The monoisotopic (exact) mass is 264 g/mol. The summed E-state index contributed by atoms with van der Waals surface area (Å²) in [5, 5.41) is 1.19. The van der Waals surface area contributed by atoms with Crippen LogP contribution in [0.5, 0.6) is 5.75 Å². The lowest BCUT2D eigenvalue weighted by molar-refractivity contribution is -0.0681. The van der Waals surface area contributed by atoms with Gasteiger partial charge in [0.15, 0.2) is 6.29 Å². The van der Waals surface area contributed by atoms with Gasteiger partial charge in [-0.3, -0.25) is 0 Å². The van der Waals surface area contributed by atoms with Crippen LogP contribution in [0.1, 0.15) is 11.8 Å². The molecule has 0 unspecified atom stereocenters. The van der Waals surface area contributed by atoms with Crippen LogP contribution in [0.15, 0.2) is 24.3 Å². The summed E-state index contributed by atoms with van der Waals surface area (Å²) in [7, 11) is 0. The van der Waals surface area contributed by atoms with Crippen LogP contribution in [0.25, 0.3) is 10.1 Å². The molecule has 1 saturated heterocycles. The number of rotatable bonds is 4. The van der Waals surface area contributed by atoms with Crippen molar-refractivity contribution in [3.63, 3.8) is 0 Å². The quantitative estimate of drug-likeness (QED) is 0.848. The fourth-order valence-corrected chi connectivity index (χ4v) is 3.07. The average molecular weight is 264 g/mol. The van der Waals surface area contributed by atoms with Gasteiger partial charge in [0.25, 0.3) is 0 Å². The Balaban J connectivity index is 1.79.